The molecule has 3 fully saturated rings. The lowest BCUT2D eigenvalue weighted by molar-refractivity contribution is -0.142. The summed E-state index contributed by atoms with van der Waals surface area (Å²) in [5, 5.41) is 4.74. The van der Waals surface area contributed by atoms with Crippen molar-refractivity contribution >= 4 is 33.8 Å². The van der Waals surface area contributed by atoms with Crippen LogP contribution in [0.4, 0.5) is 4.79 Å². The van der Waals surface area contributed by atoms with Crippen molar-refractivity contribution in [2.75, 3.05) is 20.3 Å². The summed E-state index contributed by atoms with van der Waals surface area (Å²) in [6, 6.07) is 3.13. The van der Waals surface area contributed by atoms with E-state index in [1.807, 2.05) is 0 Å². The molecule has 0 spiro atoms. The summed E-state index contributed by atoms with van der Waals surface area (Å²) in [6.45, 7) is 9.33. The fraction of sp³-hybridized carbons (Fsp3) is 0.531. The van der Waals surface area contributed by atoms with E-state index in [4.69, 9.17) is 13.9 Å². The highest BCUT2D eigenvalue weighted by Crippen LogP contribution is 2.45. The fourth-order valence-corrected chi connectivity index (χ4v) is 7.19. The van der Waals surface area contributed by atoms with E-state index >= 15 is 0 Å². The molecule has 5 unspecified atom stereocenters. The second kappa shape index (κ2) is 13.0. The first-order chi connectivity index (χ1) is 22.2. The zero-order valence-corrected chi connectivity index (χ0v) is 27.7. The SMILES string of the molecule is C=CC1CC1(NC(=O)C1CC(COc2ccnc(-c3ccoc3)c2)CN1C(=O)C(NC(=O)OC)C(C)(C)C)C(=O)NS(=O)(=O)C1CC1. The molecule has 0 bridgehead atoms. The average Bonchev–Trinajstić information content (AvgIpc) is 3.89. The number of furan rings is 1. The van der Waals surface area contributed by atoms with Crippen LogP contribution < -0.4 is 20.1 Å². The Morgan fingerprint density at radius 3 is 2.57 bits per heavy atom. The first-order valence-corrected chi connectivity index (χ1v) is 17.0. The van der Waals surface area contributed by atoms with Gasteiger partial charge in [-0.1, -0.05) is 26.8 Å². The topological polar surface area (TPSA) is 186 Å². The van der Waals surface area contributed by atoms with Gasteiger partial charge in [0.05, 0.1) is 37.2 Å². The number of ether oxygens (including phenoxy) is 2. The number of carbonyl (C=O) groups is 4. The lowest BCUT2D eigenvalue weighted by Gasteiger charge is -2.35. The third kappa shape index (κ3) is 7.45. The summed E-state index contributed by atoms with van der Waals surface area (Å²) in [7, 11) is -2.68. The smallest absolute Gasteiger partial charge is 0.407 e. The number of pyridine rings is 1. The Hall–Kier alpha value is -4.40. The number of nitrogens with zero attached hydrogens (tertiary/aromatic N) is 2. The van der Waals surface area contributed by atoms with Gasteiger partial charge in [-0.2, -0.15) is 0 Å². The standard InChI is InChI=1S/C32H41N5O9S/c1-6-21-15-32(21,29(40)36-47(42,43)23-7-8-23)35-27(38)25-13-19(16-37(25)28(39)26(31(2,3)4)34-30(41)44-5)17-46-22-9-11-33-24(14-22)20-10-12-45-18-20/h6,9-12,14,18-19,21,23,25-26H,1,7-8,13,15-17H2,2-5H3,(H,34,41)(H,35,38)(H,36,40). The van der Waals surface area contributed by atoms with Crippen molar-refractivity contribution in [1.29, 1.82) is 0 Å². The molecule has 15 heteroatoms. The van der Waals surface area contributed by atoms with Crippen LogP contribution in [0.15, 0.2) is 54.0 Å². The molecule has 4 amide bonds. The predicted octanol–water partition coefficient (Wildman–Crippen LogP) is 2.38. The Labute approximate surface area is 273 Å². The van der Waals surface area contributed by atoms with Gasteiger partial charge in [0.2, 0.25) is 21.8 Å². The van der Waals surface area contributed by atoms with Gasteiger partial charge in [0.15, 0.2) is 0 Å². The lowest BCUT2D eigenvalue weighted by Crippen LogP contribution is -2.60. The molecule has 2 aliphatic carbocycles. The van der Waals surface area contributed by atoms with Crippen LogP contribution in [0.1, 0.15) is 46.5 Å². The molecular weight excluding hydrogens is 630 g/mol. The van der Waals surface area contributed by atoms with Crippen LogP contribution in [0, 0.1) is 17.3 Å². The second-order valence-corrected chi connectivity index (χ2v) is 15.4. The molecule has 1 saturated heterocycles. The third-order valence-corrected chi connectivity index (χ3v) is 10.6. The molecule has 5 rings (SSSR count). The number of hydrogen-bond donors (Lipinski definition) is 3. The maximum Gasteiger partial charge on any atom is 0.407 e. The molecule has 5 atom stereocenters. The van der Waals surface area contributed by atoms with Crippen molar-refractivity contribution < 1.29 is 41.5 Å². The zero-order valence-electron chi connectivity index (χ0n) is 26.9. The van der Waals surface area contributed by atoms with E-state index in [0.29, 0.717) is 24.3 Å². The molecule has 0 aromatic carbocycles. The number of likely N-dealkylation sites (tertiary alicyclic amines) is 1. The van der Waals surface area contributed by atoms with E-state index in [1.54, 1.807) is 57.7 Å². The van der Waals surface area contributed by atoms with Gasteiger partial charge in [-0.05, 0) is 43.2 Å². The van der Waals surface area contributed by atoms with Crippen molar-refractivity contribution in [1.82, 2.24) is 25.2 Å². The summed E-state index contributed by atoms with van der Waals surface area (Å²) >= 11 is 0. The second-order valence-electron chi connectivity index (χ2n) is 13.4. The number of carbonyl (C=O) groups excluding carboxylic acids is 4. The van der Waals surface area contributed by atoms with Gasteiger partial charge in [-0.15, -0.1) is 6.58 Å². The molecule has 14 nitrogen and oxygen atoms in total. The van der Waals surface area contributed by atoms with Crippen LogP contribution in [0.2, 0.25) is 0 Å². The first kappa shape index (κ1) is 33.9. The van der Waals surface area contributed by atoms with Crippen molar-refractivity contribution in [3.63, 3.8) is 0 Å². The number of amides is 4. The highest BCUT2D eigenvalue weighted by Gasteiger charge is 2.62. The van der Waals surface area contributed by atoms with Crippen LogP contribution in [0.25, 0.3) is 11.3 Å². The number of alkyl carbamates (subject to hydrolysis) is 1. The van der Waals surface area contributed by atoms with E-state index < -0.39 is 68.0 Å². The van der Waals surface area contributed by atoms with E-state index in [1.165, 1.54) is 18.1 Å². The molecule has 2 aromatic heterocycles. The molecule has 3 N–H and O–H groups in total. The van der Waals surface area contributed by atoms with E-state index in [9.17, 15) is 27.6 Å². The normalized spacial score (nSPS) is 24.5. The van der Waals surface area contributed by atoms with E-state index in [2.05, 4.69) is 26.9 Å². The minimum Gasteiger partial charge on any atom is -0.493 e. The number of methoxy groups -OCH3 is 1. The van der Waals surface area contributed by atoms with E-state index in [-0.39, 0.29) is 31.9 Å². The highest BCUT2D eigenvalue weighted by molar-refractivity contribution is 7.91. The van der Waals surface area contributed by atoms with Crippen LogP contribution in [0.3, 0.4) is 0 Å². The Kier molecular flexibility index (Phi) is 9.40. The fourth-order valence-electron chi connectivity index (χ4n) is 5.83. The Morgan fingerprint density at radius 1 is 1.23 bits per heavy atom. The van der Waals surface area contributed by atoms with Crippen LogP contribution in [-0.2, 0) is 29.1 Å². The van der Waals surface area contributed by atoms with Crippen molar-refractivity contribution in [3.05, 3.63) is 49.6 Å². The van der Waals surface area contributed by atoms with Gasteiger partial charge in [0.1, 0.15) is 23.4 Å². The Morgan fingerprint density at radius 2 is 1.98 bits per heavy atom. The number of rotatable bonds is 12. The molecule has 3 heterocycles. The summed E-state index contributed by atoms with van der Waals surface area (Å²) in [5.74, 6) is -2.24. The van der Waals surface area contributed by atoms with Crippen LogP contribution >= 0.6 is 0 Å². The molecule has 1 aliphatic heterocycles. The minimum absolute atomic E-state index is 0.117. The van der Waals surface area contributed by atoms with Gasteiger partial charge in [-0.3, -0.25) is 24.1 Å². The number of nitrogens with one attached hydrogen (secondary N) is 3. The number of sulfonamides is 1. The van der Waals surface area contributed by atoms with Crippen LogP contribution in [-0.4, -0.2) is 85.3 Å². The Balaban J connectivity index is 1.36. The monoisotopic (exact) mass is 671 g/mol. The predicted molar refractivity (Wildman–Crippen MR) is 169 cm³/mol. The average molecular weight is 672 g/mol. The van der Waals surface area contributed by atoms with Gasteiger partial charge in [-0.25, -0.2) is 13.2 Å². The maximum absolute atomic E-state index is 14.1. The van der Waals surface area contributed by atoms with Crippen molar-refractivity contribution in [2.24, 2.45) is 17.3 Å². The molecule has 47 heavy (non-hydrogen) atoms. The lowest BCUT2D eigenvalue weighted by atomic mass is 9.85. The largest absolute Gasteiger partial charge is 0.493 e. The molecular formula is C32H41N5O9S. The molecule has 254 valence electrons. The van der Waals surface area contributed by atoms with Gasteiger partial charge >= 0.3 is 6.09 Å². The number of aromatic nitrogens is 1. The summed E-state index contributed by atoms with van der Waals surface area (Å²) in [6.07, 6.45) is 6.68. The molecule has 2 aromatic rings. The third-order valence-electron chi connectivity index (χ3n) is 8.82. The van der Waals surface area contributed by atoms with Gasteiger partial charge in [0.25, 0.3) is 5.91 Å². The zero-order chi connectivity index (χ0) is 34.1. The first-order valence-electron chi connectivity index (χ1n) is 15.5. The number of hydrogen-bond acceptors (Lipinski definition) is 10. The van der Waals surface area contributed by atoms with E-state index in [0.717, 1.165) is 5.56 Å². The van der Waals surface area contributed by atoms with Gasteiger partial charge < -0.3 is 29.4 Å². The Bertz CT molecular complexity index is 1630. The minimum atomic E-state index is -3.87. The summed E-state index contributed by atoms with van der Waals surface area (Å²) in [5.41, 5.74) is -0.855. The van der Waals surface area contributed by atoms with Crippen molar-refractivity contribution in [3.8, 4) is 17.0 Å². The molecule has 3 aliphatic rings. The summed E-state index contributed by atoms with van der Waals surface area (Å²) in [4.78, 5) is 59.4. The van der Waals surface area contributed by atoms with Crippen molar-refractivity contribution in [2.45, 2.75) is 69.3 Å². The highest BCUT2D eigenvalue weighted by atomic mass is 32.2. The maximum atomic E-state index is 14.1. The molecule has 0 radical (unpaired) electrons. The summed E-state index contributed by atoms with van der Waals surface area (Å²) < 4.78 is 43.3. The molecule has 2 saturated carbocycles. The van der Waals surface area contributed by atoms with Gasteiger partial charge in [0, 0.05) is 36.2 Å². The van der Waals surface area contributed by atoms with Crippen LogP contribution in [0.5, 0.6) is 5.75 Å². The quantitative estimate of drug-likeness (QED) is 0.283.